The molecule has 166 valence electrons. The van der Waals surface area contributed by atoms with Crippen molar-refractivity contribution in [3.63, 3.8) is 0 Å². The molecule has 1 N–H and O–H groups in total. The summed E-state index contributed by atoms with van der Waals surface area (Å²) < 4.78 is 5.16. The van der Waals surface area contributed by atoms with Gasteiger partial charge >= 0.3 is 0 Å². The Labute approximate surface area is 187 Å². The Hall–Kier alpha value is -3.48. The lowest BCUT2D eigenvalue weighted by molar-refractivity contribution is -0.123. The number of amides is 3. The number of methoxy groups -OCH3 is 1. The third-order valence-corrected chi connectivity index (χ3v) is 5.95. The van der Waals surface area contributed by atoms with Gasteiger partial charge in [-0.2, -0.15) is 0 Å². The third kappa shape index (κ3) is 4.28. The Kier molecular flexibility index (Phi) is 5.59. The predicted octanol–water partition coefficient (Wildman–Crippen LogP) is 3.19. The molecule has 2 atom stereocenters. The molecule has 3 aliphatic rings. The molecule has 7 nitrogen and oxygen atoms in total. The average molecular weight is 434 g/mol. The number of hydrogen-bond donors (Lipinski definition) is 1. The summed E-state index contributed by atoms with van der Waals surface area (Å²) in [6.45, 7) is 6.50. The SMILES string of the molecule is COc1ccc(N2CC(C(=O)N=C3C=CC4C(=C3)NC(=O)C=C4C(C)(C)C)CC2=O)cc1. The number of fused-ring (bicyclic) bond motifs is 1. The van der Waals surface area contributed by atoms with Crippen LogP contribution in [0.4, 0.5) is 5.69 Å². The normalized spacial score (nSPS) is 24.1. The molecular weight excluding hydrogens is 406 g/mol. The van der Waals surface area contributed by atoms with Crippen LogP contribution in [0.25, 0.3) is 0 Å². The smallest absolute Gasteiger partial charge is 0.251 e. The summed E-state index contributed by atoms with van der Waals surface area (Å²) in [6, 6.07) is 7.17. The first-order valence-corrected chi connectivity index (χ1v) is 10.7. The van der Waals surface area contributed by atoms with E-state index < -0.39 is 5.92 Å². The van der Waals surface area contributed by atoms with Crippen LogP contribution in [-0.2, 0) is 14.4 Å². The lowest BCUT2D eigenvalue weighted by atomic mass is 9.74. The molecule has 0 aromatic heterocycles. The van der Waals surface area contributed by atoms with Gasteiger partial charge in [0, 0.05) is 36.3 Å². The second-order valence-electron chi connectivity index (χ2n) is 9.25. The molecule has 1 aromatic carbocycles. The van der Waals surface area contributed by atoms with Crippen LogP contribution in [0.1, 0.15) is 27.2 Å². The minimum Gasteiger partial charge on any atom is -0.497 e. The minimum absolute atomic E-state index is 0.0413. The monoisotopic (exact) mass is 433 g/mol. The van der Waals surface area contributed by atoms with E-state index in [0.29, 0.717) is 11.5 Å². The average Bonchev–Trinajstić information content (AvgIpc) is 3.14. The van der Waals surface area contributed by atoms with E-state index in [9.17, 15) is 14.4 Å². The molecule has 1 aromatic rings. The number of nitrogens with one attached hydrogen (secondary N) is 1. The Morgan fingerprint density at radius 2 is 1.88 bits per heavy atom. The van der Waals surface area contributed by atoms with Crippen LogP contribution < -0.4 is 15.0 Å². The summed E-state index contributed by atoms with van der Waals surface area (Å²) in [5, 5.41) is 2.87. The number of rotatable bonds is 3. The first-order valence-electron chi connectivity index (χ1n) is 10.7. The van der Waals surface area contributed by atoms with Crippen molar-refractivity contribution in [3.05, 3.63) is 59.8 Å². The van der Waals surface area contributed by atoms with Gasteiger partial charge in [-0.05, 0) is 47.4 Å². The molecule has 2 aliphatic heterocycles. The summed E-state index contributed by atoms with van der Waals surface area (Å²) >= 11 is 0. The van der Waals surface area contributed by atoms with E-state index in [2.05, 4.69) is 31.1 Å². The summed E-state index contributed by atoms with van der Waals surface area (Å²) in [5.74, 6) is -0.458. The zero-order valence-electron chi connectivity index (χ0n) is 18.7. The zero-order chi connectivity index (χ0) is 23.0. The van der Waals surface area contributed by atoms with Gasteiger partial charge in [-0.1, -0.05) is 26.8 Å². The molecule has 2 heterocycles. The molecular formula is C25H27N3O4. The van der Waals surface area contributed by atoms with Crippen molar-refractivity contribution in [2.45, 2.75) is 27.2 Å². The van der Waals surface area contributed by atoms with E-state index in [4.69, 9.17) is 4.74 Å². The lowest BCUT2D eigenvalue weighted by Crippen LogP contribution is -2.36. The highest BCUT2D eigenvalue weighted by Gasteiger charge is 2.36. The number of nitrogens with zero attached hydrogens (tertiary/aromatic N) is 2. The number of hydrogen-bond acceptors (Lipinski definition) is 4. The Bertz CT molecular complexity index is 1090. The highest BCUT2D eigenvalue weighted by atomic mass is 16.5. The number of carbonyl (C=O) groups excluding carboxylic acids is 3. The van der Waals surface area contributed by atoms with Crippen LogP contribution in [-0.4, -0.2) is 37.1 Å². The Morgan fingerprint density at radius 3 is 2.53 bits per heavy atom. The van der Waals surface area contributed by atoms with Gasteiger partial charge in [0.05, 0.1) is 18.7 Å². The van der Waals surface area contributed by atoms with Crippen LogP contribution in [0.3, 0.4) is 0 Å². The molecule has 1 aliphatic carbocycles. The van der Waals surface area contributed by atoms with Crippen molar-refractivity contribution in [3.8, 4) is 5.75 Å². The molecule has 2 unspecified atom stereocenters. The van der Waals surface area contributed by atoms with Gasteiger partial charge in [0.1, 0.15) is 5.75 Å². The van der Waals surface area contributed by atoms with Crippen LogP contribution in [0, 0.1) is 17.3 Å². The van der Waals surface area contributed by atoms with E-state index in [-0.39, 0.29) is 42.0 Å². The molecule has 0 bridgehead atoms. The standard InChI is InChI=1S/C25H27N3O4/c1-25(2,3)20-13-22(29)27-21-12-16(5-10-19(20)21)26-24(31)15-11-23(30)28(14-15)17-6-8-18(32-4)9-7-17/h5-10,12-13,15,19H,11,14H2,1-4H3,(H,27,29). The van der Waals surface area contributed by atoms with E-state index >= 15 is 0 Å². The maximum absolute atomic E-state index is 12.8. The number of anilines is 1. The van der Waals surface area contributed by atoms with E-state index in [0.717, 1.165) is 17.0 Å². The molecule has 4 rings (SSSR count). The molecule has 32 heavy (non-hydrogen) atoms. The van der Waals surface area contributed by atoms with Gasteiger partial charge in [0.15, 0.2) is 0 Å². The van der Waals surface area contributed by atoms with Crippen LogP contribution >= 0.6 is 0 Å². The number of benzene rings is 1. The second kappa shape index (κ2) is 8.22. The van der Waals surface area contributed by atoms with Crippen molar-refractivity contribution in [2.75, 3.05) is 18.6 Å². The maximum atomic E-state index is 12.8. The molecule has 0 spiro atoms. The van der Waals surface area contributed by atoms with E-state index in [1.54, 1.807) is 54.5 Å². The zero-order valence-corrected chi connectivity index (χ0v) is 18.7. The Balaban J connectivity index is 1.49. The molecule has 1 fully saturated rings. The molecule has 7 heteroatoms. The molecule has 3 amide bonds. The molecule has 1 saturated heterocycles. The van der Waals surface area contributed by atoms with Crippen molar-refractivity contribution >= 4 is 29.1 Å². The van der Waals surface area contributed by atoms with Crippen molar-refractivity contribution in [1.82, 2.24) is 5.32 Å². The van der Waals surface area contributed by atoms with Crippen LogP contribution in [0.5, 0.6) is 5.75 Å². The quantitative estimate of drug-likeness (QED) is 0.793. The number of aliphatic imine (C=N–C) groups is 1. The topological polar surface area (TPSA) is 88.1 Å². The van der Waals surface area contributed by atoms with Crippen molar-refractivity contribution < 1.29 is 19.1 Å². The fourth-order valence-corrected chi connectivity index (χ4v) is 4.25. The van der Waals surface area contributed by atoms with Gasteiger partial charge in [-0.15, -0.1) is 0 Å². The van der Waals surface area contributed by atoms with Gasteiger partial charge in [0.25, 0.3) is 5.91 Å². The number of carbonyl (C=O) groups is 3. The first-order chi connectivity index (χ1) is 15.2. The lowest BCUT2D eigenvalue weighted by Gasteiger charge is -2.34. The second-order valence-corrected chi connectivity index (χ2v) is 9.25. The largest absolute Gasteiger partial charge is 0.497 e. The predicted molar refractivity (Wildman–Crippen MR) is 122 cm³/mol. The van der Waals surface area contributed by atoms with Crippen LogP contribution in [0.2, 0.25) is 0 Å². The maximum Gasteiger partial charge on any atom is 0.251 e. The highest BCUT2D eigenvalue weighted by Crippen LogP contribution is 2.38. The summed E-state index contributed by atoms with van der Waals surface area (Å²) in [6.07, 6.45) is 7.29. The van der Waals surface area contributed by atoms with Gasteiger partial charge in [-0.25, -0.2) is 4.99 Å². The van der Waals surface area contributed by atoms with Gasteiger partial charge in [0.2, 0.25) is 11.8 Å². The fourth-order valence-electron chi connectivity index (χ4n) is 4.25. The summed E-state index contributed by atoms with van der Waals surface area (Å²) in [7, 11) is 1.58. The summed E-state index contributed by atoms with van der Waals surface area (Å²) in [4.78, 5) is 43.4. The fraction of sp³-hybridized carbons (Fsp3) is 0.360. The minimum atomic E-state index is -0.507. The van der Waals surface area contributed by atoms with Crippen molar-refractivity contribution in [2.24, 2.45) is 22.2 Å². The molecule has 0 radical (unpaired) electrons. The third-order valence-electron chi connectivity index (χ3n) is 5.95. The first kappa shape index (κ1) is 21.7. The number of ether oxygens (including phenoxy) is 1. The highest BCUT2D eigenvalue weighted by molar-refractivity contribution is 6.12. The number of allylic oxidation sites excluding steroid dienone is 3. The van der Waals surface area contributed by atoms with Crippen LogP contribution in [0.15, 0.2) is 64.8 Å². The molecule has 0 saturated carbocycles. The van der Waals surface area contributed by atoms with E-state index in [1.165, 1.54) is 0 Å². The van der Waals surface area contributed by atoms with Crippen molar-refractivity contribution in [1.29, 1.82) is 0 Å². The summed E-state index contributed by atoms with van der Waals surface area (Å²) in [5.41, 5.74) is 2.79. The van der Waals surface area contributed by atoms with Gasteiger partial charge in [-0.3, -0.25) is 14.4 Å². The van der Waals surface area contributed by atoms with Gasteiger partial charge < -0.3 is 15.0 Å². The Morgan fingerprint density at radius 1 is 1.16 bits per heavy atom. The van der Waals surface area contributed by atoms with E-state index in [1.807, 2.05) is 6.08 Å².